The van der Waals surface area contributed by atoms with E-state index in [1.54, 1.807) is 24.4 Å². The molecule has 0 atom stereocenters. The van der Waals surface area contributed by atoms with Crippen LogP contribution in [-0.4, -0.2) is 17.5 Å². The number of carbonyl (C=O) groups is 1. The predicted octanol–water partition coefficient (Wildman–Crippen LogP) is 3.15. The molecule has 0 aliphatic heterocycles. The van der Waals surface area contributed by atoms with Crippen LogP contribution in [0.3, 0.4) is 0 Å². The second-order valence-corrected chi connectivity index (χ2v) is 4.60. The summed E-state index contributed by atoms with van der Waals surface area (Å²) in [7, 11) is 1.39. The lowest BCUT2D eigenvalue weighted by molar-refractivity contribution is -0.137. The number of rotatable bonds is 3. The summed E-state index contributed by atoms with van der Waals surface area (Å²) in [5.74, 6) is -0.565. The molecule has 0 bridgehead atoms. The van der Waals surface area contributed by atoms with Gasteiger partial charge in [0.2, 0.25) is 0 Å². The number of likely N-dealkylation sites (N-methyl/N-ethyl adjacent to an activating group) is 1. The van der Waals surface area contributed by atoms with E-state index in [1.165, 1.54) is 29.8 Å². The average molecular weight is 319 g/mol. The van der Waals surface area contributed by atoms with Crippen molar-refractivity contribution in [2.75, 3.05) is 7.05 Å². The average Bonchev–Trinajstić information content (AvgIpc) is 2.99. The van der Waals surface area contributed by atoms with Crippen LogP contribution in [0.5, 0.6) is 0 Å². The number of nitrogens with one attached hydrogen (secondary N) is 1. The van der Waals surface area contributed by atoms with Crippen LogP contribution in [0.15, 0.2) is 48.2 Å². The summed E-state index contributed by atoms with van der Waals surface area (Å²) in [5.41, 5.74) is -0.209. The first-order valence-corrected chi connectivity index (χ1v) is 6.55. The number of amides is 1. The zero-order valence-corrected chi connectivity index (χ0v) is 12.1. The first kappa shape index (κ1) is 16.4. The Hall–Kier alpha value is -3.01. The molecule has 2 rings (SSSR count). The molecule has 1 amide bonds. The highest BCUT2D eigenvalue weighted by Gasteiger charge is 2.30. The minimum absolute atomic E-state index is 0.139. The van der Waals surface area contributed by atoms with Gasteiger partial charge in [0, 0.05) is 24.6 Å². The Balaban J connectivity index is 2.49. The molecule has 1 aromatic carbocycles. The smallest absolute Gasteiger partial charge is 0.354 e. The minimum Gasteiger partial charge on any atom is -0.354 e. The number of nitrogens with zero attached hydrogens (tertiary/aromatic N) is 2. The quantitative estimate of drug-likeness (QED) is 0.698. The summed E-state index contributed by atoms with van der Waals surface area (Å²) in [4.78, 5) is 11.5. The lowest BCUT2D eigenvalue weighted by atomic mass is 10.2. The molecule has 23 heavy (non-hydrogen) atoms. The highest BCUT2D eigenvalue weighted by molar-refractivity contribution is 6.01. The number of aromatic nitrogens is 1. The van der Waals surface area contributed by atoms with Gasteiger partial charge < -0.3 is 9.88 Å². The van der Waals surface area contributed by atoms with Crippen LogP contribution < -0.4 is 5.32 Å². The van der Waals surface area contributed by atoms with Gasteiger partial charge in [0.05, 0.1) is 5.56 Å². The van der Waals surface area contributed by atoms with Gasteiger partial charge in [-0.2, -0.15) is 18.4 Å². The van der Waals surface area contributed by atoms with Gasteiger partial charge in [-0.15, -0.1) is 0 Å². The molecule has 0 fully saturated rings. The zero-order chi connectivity index (χ0) is 17.0. The Labute approximate surface area is 130 Å². The molecule has 1 N–H and O–H groups in total. The first-order valence-electron chi connectivity index (χ1n) is 6.55. The summed E-state index contributed by atoms with van der Waals surface area (Å²) in [6, 6.07) is 9.77. The molecular formula is C16H12F3N3O. The molecule has 1 aromatic heterocycles. The third-order valence-electron chi connectivity index (χ3n) is 3.12. The SMILES string of the molecule is CNC(=O)/C(C#N)=C\c1cccn1-c1cccc(C(F)(F)F)c1. The summed E-state index contributed by atoms with van der Waals surface area (Å²) in [6.45, 7) is 0. The topological polar surface area (TPSA) is 57.8 Å². The maximum Gasteiger partial charge on any atom is 0.416 e. The van der Waals surface area contributed by atoms with Crippen LogP contribution in [0.25, 0.3) is 11.8 Å². The van der Waals surface area contributed by atoms with Gasteiger partial charge in [-0.1, -0.05) is 6.07 Å². The van der Waals surface area contributed by atoms with Crippen molar-refractivity contribution < 1.29 is 18.0 Å². The van der Waals surface area contributed by atoms with E-state index in [1.807, 2.05) is 0 Å². The van der Waals surface area contributed by atoms with Crippen molar-refractivity contribution in [1.82, 2.24) is 9.88 Å². The Morgan fingerprint density at radius 1 is 1.30 bits per heavy atom. The number of hydrogen-bond acceptors (Lipinski definition) is 2. The lowest BCUT2D eigenvalue weighted by Crippen LogP contribution is -2.19. The Bertz CT molecular complexity index is 797. The second kappa shape index (κ2) is 6.40. The Morgan fingerprint density at radius 2 is 2.04 bits per heavy atom. The molecule has 0 spiro atoms. The highest BCUT2D eigenvalue weighted by atomic mass is 19.4. The van der Waals surface area contributed by atoms with Gasteiger partial charge in [0.25, 0.3) is 5.91 Å². The molecule has 1 heterocycles. The Morgan fingerprint density at radius 3 is 2.65 bits per heavy atom. The van der Waals surface area contributed by atoms with Gasteiger partial charge in [-0.3, -0.25) is 4.79 Å². The van der Waals surface area contributed by atoms with Crippen molar-refractivity contribution in [2.45, 2.75) is 6.18 Å². The predicted molar refractivity (Wildman–Crippen MR) is 78.4 cm³/mol. The van der Waals surface area contributed by atoms with Crippen LogP contribution in [0.4, 0.5) is 13.2 Å². The van der Waals surface area contributed by atoms with Crippen molar-refractivity contribution in [3.63, 3.8) is 0 Å². The highest BCUT2D eigenvalue weighted by Crippen LogP contribution is 2.30. The van der Waals surface area contributed by atoms with Gasteiger partial charge >= 0.3 is 6.18 Å². The van der Waals surface area contributed by atoms with Crippen molar-refractivity contribution in [3.8, 4) is 11.8 Å². The number of carbonyl (C=O) groups excluding carboxylic acids is 1. The maximum absolute atomic E-state index is 12.8. The summed E-state index contributed by atoms with van der Waals surface area (Å²) in [6.07, 6.45) is -1.57. The van der Waals surface area contributed by atoms with Crippen LogP contribution in [0, 0.1) is 11.3 Å². The fourth-order valence-electron chi connectivity index (χ4n) is 2.01. The number of nitriles is 1. The van der Waals surface area contributed by atoms with E-state index < -0.39 is 17.6 Å². The normalized spacial score (nSPS) is 11.9. The second-order valence-electron chi connectivity index (χ2n) is 4.60. The van der Waals surface area contributed by atoms with Crippen molar-refractivity contribution >= 4 is 12.0 Å². The molecule has 4 nitrogen and oxygen atoms in total. The summed E-state index contributed by atoms with van der Waals surface area (Å²) < 4.78 is 39.9. The third-order valence-corrected chi connectivity index (χ3v) is 3.12. The van der Waals surface area contributed by atoms with E-state index in [4.69, 9.17) is 5.26 Å². The molecule has 0 saturated carbocycles. The molecule has 0 aliphatic rings. The number of benzene rings is 1. The van der Waals surface area contributed by atoms with E-state index in [0.29, 0.717) is 5.69 Å². The Kier molecular flexibility index (Phi) is 4.55. The number of halogens is 3. The fourth-order valence-corrected chi connectivity index (χ4v) is 2.01. The summed E-state index contributed by atoms with van der Waals surface area (Å²) >= 11 is 0. The lowest BCUT2D eigenvalue weighted by Gasteiger charge is -2.11. The minimum atomic E-state index is -4.45. The van der Waals surface area contributed by atoms with Gasteiger partial charge in [0.15, 0.2) is 0 Å². The summed E-state index contributed by atoms with van der Waals surface area (Å²) in [5, 5.41) is 11.3. The standard InChI is InChI=1S/C16H12F3N3O/c1-21-15(23)11(10-20)8-13-6-3-7-22(13)14-5-2-4-12(9-14)16(17,18)19/h2-9H,1H3,(H,21,23)/b11-8-. The van der Waals surface area contributed by atoms with E-state index >= 15 is 0 Å². The molecule has 0 aliphatic carbocycles. The molecule has 0 radical (unpaired) electrons. The first-order chi connectivity index (χ1) is 10.9. The van der Waals surface area contributed by atoms with Crippen LogP contribution in [0.1, 0.15) is 11.3 Å². The van der Waals surface area contributed by atoms with E-state index in [2.05, 4.69) is 5.32 Å². The third kappa shape index (κ3) is 3.61. The van der Waals surface area contributed by atoms with Crippen LogP contribution in [0.2, 0.25) is 0 Å². The molecule has 2 aromatic rings. The number of alkyl halides is 3. The van der Waals surface area contributed by atoms with Crippen LogP contribution >= 0.6 is 0 Å². The number of hydrogen-bond donors (Lipinski definition) is 1. The maximum atomic E-state index is 12.8. The fraction of sp³-hybridized carbons (Fsp3) is 0.125. The molecule has 118 valence electrons. The molecule has 0 unspecified atom stereocenters. The van der Waals surface area contributed by atoms with Gasteiger partial charge in [-0.25, -0.2) is 0 Å². The van der Waals surface area contributed by atoms with E-state index in [-0.39, 0.29) is 11.3 Å². The molecular weight excluding hydrogens is 307 g/mol. The molecule has 7 heteroatoms. The van der Waals surface area contributed by atoms with Crippen molar-refractivity contribution in [3.05, 3.63) is 59.4 Å². The van der Waals surface area contributed by atoms with Crippen LogP contribution in [-0.2, 0) is 11.0 Å². The van der Waals surface area contributed by atoms with Crippen molar-refractivity contribution in [1.29, 1.82) is 5.26 Å². The molecule has 0 saturated heterocycles. The van der Waals surface area contributed by atoms with E-state index in [0.717, 1.165) is 12.1 Å². The van der Waals surface area contributed by atoms with Gasteiger partial charge in [0.1, 0.15) is 11.6 Å². The monoisotopic (exact) mass is 319 g/mol. The van der Waals surface area contributed by atoms with Crippen molar-refractivity contribution in [2.24, 2.45) is 0 Å². The van der Waals surface area contributed by atoms with Gasteiger partial charge in [-0.05, 0) is 36.4 Å². The van der Waals surface area contributed by atoms with E-state index in [9.17, 15) is 18.0 Å². The largest absolute Gasteiger partial charge is 0.416 e. The zero-order valence-electron chi connectivity index (χ0n) is 12.1.